The first kappa shape index (κ1) is 23.0. The Morgan fingerprint density at radius 3 is 2.39 bits per heavy atom. The van der Waals surface area contributed by atoms with Gasteiger partial charge in [-0.25, -0.2) is 17.8 Å². The largest absolute Gasteiger partial charge is 0.353 e. The second kappa shape index (κ2) is 9.76. The van der Waals surface area contributed by atoms with Gasteiger partial charge in [-0.3, -0.25) is 9.52 Å². The molecular formula is C23H22ClFN4O3S. The molecule has 1 amide bonds. The molecule has 2 aromatic carbocycles. The van der Waals surface area contributed by atoms with Gasteiger partial charge in [0.25, 0.3) is 10.0 Å². The van der Waals surface area contributed by atoms with Crippen LogP contribution in [0.2, 0.25) is 5.02 Å². The van der Waals surface area contributed by atoms with Gasteiger partial charge in [0.05, 0.1) is 6.42 Å². The first-order valence-electron chi connectivity index (χ1n) is 10.3. The molecule has 10 heteroatoms. The quantitative estimate of drug-likeness (QED) is 0.573. The molecule has 1 aliphatic heterocycles. The summed E-state index contributed by atoms with van der Waals surface area (Å²) in [6, 6.07) is 15.6. The van der Waals surface area contributed by atoms with E-state index in [1.54, 1.807) is 30.5 Å². The highest BCUT2D eigenvalue weighted by molar-refractivity contribution is 7.92. The lowest BCUT2D eigenvalue weighted by Gasteiger charge is -2.35. The summed E-state index contributed by atoms with van der Waals surface area (Å²) in [6.07, 6.45) is 1.96. The molecule has 1 aromatic heterocycles. The van der Waals surface area contributed by atoms with Crippen LogP contribution in [0.3, 0.4) is 0 Å². The van der Waals surface area contributed by atoms with Gasteiger partial charge >= 0.3 is 0 Å². The van der Waals surface area contributed by atoms with Crippen molar-refractivity contribution in [1.82, 2.24) is 9.88 Å². The lowest BCUT2D eigenvalue weighted by atomic mass is 10.1. The molecule has 1 N–H and O–H groups in total. The summed E-state index contributed by atoms with van der Waals surface area (Å²) >= 11 is 5.69. The first-order valence-corrected chi connectivity index (χ1v) is 12.2. The number of carbonyl (C=O) groups excluding carboxylic acids is 1. The number of aromatic nitrogens is 1. The van der Waals surface area contributed by atoms with Gasteiger partial charge in [-0.2, -0.15) is 0 Å². The number of hydrogen-bond donors (Lipinski definition) is 1. The Bertz CT molecular complexity index is 1230. The van der Waals surface area contributed by atoms with Crippen molar-refractivity contribution in [3.63, 3.8) is 0 Å². The number of nitrogens with zero attached hydrogens (tertiary/aromatic N) is 3. The maximum Gasteiger partial charge on any atom is 0.264 e. The molecule has 0 atom stereocenters. The number of anilines is 2. The molecule has 1 saturated heterocycles. The molecule has 0 unspecified atom stereocenters. The zero-order chi connectivity index (χ0) is 23.4. The lowest BCUT2D eigenvalue weighted by Crippen LogP contribution is -2.49. The summed E-state index contributed by atoms with van der Waals surface area (Å²) < 4.78 is 41.3. The highest BCUT2D eigenvalue weighted by atomic mass is 35.5. The first-order chi connectivity index (χ1) is 15.8. The summed E-state index contributed by atoms with van der Waals surface area (Å²) in [5, 5.41) is 0.110. The number of halogens is 2. The predicted octanol–water partition coefficient (Wildman–Crippen LogP) is 3.57. The third-order valence-corrected chi connectivity index (χ3v) is 7.00. The van der Waals surface area contributed by atoms with Crippen LogP contribution in [-0.2, 0) is 21.2 Å². The summed E-state index contributed by atoms with van der Waals surface area (Å²) in [4.78, 5) is 20.5. The van der Waals surface area contributed by atoms with Crippen molar-refractivity contribution in [2.24, 2.45) is 0 Å². The van der Waals surface area contributed by atoms with E-state index in [0.717, 1.165) is 23.5 Å². The number of hydrogen-bond acceptors (Lipinski definition) is 5. The third-order valence-electron chi connectivity index (χ3n) is 5.35. The molecule has 0 bridgehead atoms. The van der Waals surface area contributed by atoms with Crippen LogP contribution in [0.5, 0.6) is 0 Å². The van der Waals surface area contributed by atoms with Gasteiger partial charge in [0.2, 0.25) is 5.91 Å². The molecule has 1 aliphatic rings. The van der Waals surface area contributed by atoms with Crippen molar-refractivity contribution in [2.75, 3.05) is 35.8 Å². The van der Waals surface area contributed by atoms with Crippen LogP contribution >= 0.6 is 11.6 Å². The molecule has 4 rings (SSSR count). The van der Waals surface area contributed by atoms with E-state index in [1.165, 1.54) is 6.07 Å². The number of piperazine rings is 1. The smallest absolute Gasteiger partial charge is 0.264 e. The zero-order valence-corrected chi connectivity index (χ0v) is 19.2. The van der Waals surface area contributed by atoms with Crippen molar-refractivity contribution >= 4 is 39.0 Å². The minimum absolute atomic E-state index is 0.00670. The Morgan fingerprint density at radius 1 is 1.03 bits per heavy atom. The maximum atomic E-state index is 14.0. The van der Waals surface area contributed by atoms with E-state index in [9.17, 15) is 17.6 Å². The van der Waals surface area contributed by atoms with Gasteiger partial charge in [-0.1, -0.05) is 29.8 Å². The molecule has 7 nitrogen and oxygen atoms in total. The summed E-state index contributed by atoms with van der Waals surface area (Å²) in [6.45, 7) is 2.65. The monoisotopic (exact) mass is 488 g/mol. The Balaban J connectivity index is 1.33. The molecule has 0 spiro atoms. The standard InChI is InChI=1S/C23H22ClFN4O3S/c24-18-6-9-21(20(25)16-18)33(31,32)27-19-7-4-17(5-8-19)15-23(30)29-13-11-28(12-14-29)22-3-1-2-10-26-22/h1-10,16,27H,11-15H2. The summed E-state index contributed by atoms with van der Waals surface area (Å²) in [5.41, 5.74) is 1.03. The number of amides is 1. The number of carbonyl (C=O) groups is 1. The maximum absolute atomic E-state index is 14.0. The van der Waals surface area contributed by atoms with Gasteiger partial charge in [-0.15, -0.1) is 0 Å². The fourth-order valence-corrected chi connectivity index (χ4v) is 4.88. The van der Waals surface area contributed by atoms with Gasteiger partial charge in [0.15, 0.2) is 0 Å². The fraction of sp³-hybridized carbons (Fsp3) is 0.217. The SMILES string of the molecule is O=C(Cc1ccc(NS(=O)(=O)c2ccc(Cl)cc2F)cc1)N1CCN(c2ccccn2)CC1. The van der Waals surface area contributed by atoms with Crippen molar-refractivity contribution in [3.05, 3.63) is 83.3 Å². The topological polar surface area (TPSA) is 82.6 Å². The van der Waals surface area contributed by atoms with Crippen molar-refractivity contribution in [3.8, 4) is 0 Å². The van der Waals surface area contributed by atoms with Crippen LogP contribution < -0.4 is 9.62 Å². The van der Waals surface area contributed by atoms with Gasteiger partial charge in [0.1, 0.15) is 16.5 Å². The Hall–Kier alpha value is -3.17. The zero-order valence-electron chi connectivity index (χ0n) is 17.6. The van der Waals surface area contributed by atoms with Crippen LogP contribution in [0, 0.1) is 5.82 Å². The fourth-order valence-electron chi connectivity index (χ4n) is 3.61. The molecule has 1 fully saturated rings. The number of rotatable bonds is 6. The average Bonchev–Trinajstić information content (AvgIpc) is 2.80. The number of pyridine rings is 1. The lowest BCUT2D eigenvalue weighted by molar-refractivity contribution is -0.130. The van der Waals surface area contributed by atoms with E-state index in [2.05, 4.69) is 14.6 Å². The van der Waals surface area contributed by atoms with E-state index in [1.807, 2.05) is 23.1 Å². The van der Waals surface area contributed by atoms with Crippen LogP contribution in [0.25, 0.3) is 0 Å². The van der Waals surface area contributed by atoms with E-state index < -0.39 is 20.7 Å². The van der Waals surface area contributed by atoms with Crippen LogP contribution in [0.4, 0.5) is 15.9 Å². The van der Waals surface area contributed by atoms with Crippen LogP contribution in [0.1, 0.15) is 5.56 Å². The second-order valence-corrected chi connectivity index (χ2v) is 9.70. The minimum atomic E-state index is -4.11. The van der Waals surface area contributed by atoms with Crippen molar-refractivity contribution < 1.29 is 17.6 Å². The molecule has 2 heterocycles. The van der Waals surface area contributed by atoms with Gasteiger partial charge in [0, 0.05) is 43.1 Å². The number of benzene rings is 2. The molecule has 172 valence electrons. The summed E-state index contributed by atoms with van der Waals surface area (Å²) in [5.74, 6) is -0.0197. The number of nitrogens with one attached hydrogen (secondary N) is 1. The van der Waals surface area contributed by atoms with Crippen molar-refractivity contribution in [2.45, 2.75) is 11.3 Å². The van der Waals surface area contributed by atoms with Crippen molar-refractivity contribution in [1.29, 1.82) is 0 Å². The Morgan fingerprint density at radius 2 is 1.76 bits per heavy atom. The molecule has 3 aromatic rings. The van der Waals surface area contributed by atoms with Crippen LogP contribution in [-0.4, -0.2) is 50.4 Å². The predicted molar refractivity (Wildman–Crippen MR) is 125 cm³/mol. The average molecular weight is 489 g/mol. The van der Waals surface area contributed by atoms with Gasteiger partial charge in [-0.05, 0) is 48.0 Å². The molecule has 33 heavy (non-hydrogen) atoms. The molecular weight excluding hydrogens is 467 g/mol. The Kier molecular flexibility index (Phi) is 6.80. The normalized spacial score (nSPS) is 14.2. The van der Waals surface area contributed by atoms with E-state index in [0.29, 0.717) is 26.2 Å². The van der Waals surface area contributed by atoms with E-state index in [4.69, 9.17) is 11.6 Å². The number of sulfonamides is 1. The highest BCUT2D eigenvalue weighted by Crippen LogP contribution is 2.22. The molecule has 0 aliphatic carbocycles. The molecule has 0 radical (unpaired) electrons. The second-order valence-electron chi connectivity index (χ2n) is 7.61. The Labute approximate surface area is 196 Å². The third kappa shape index (κ3) is 5.61. The molecule has 0 saturated carbocycles. The minimum Gasteiger partial charge on any atom is -0.353 e. The summed E-state index contributed by atoms with van der Waals surface area (Å²) in [7, 11) is -4.11. The van der Waals surface area contributed by atoms with E-state index in [-0.39, 0.29) is 23.0 Å². The highest BCUT2D eigenvalue weighted by Gasteiger charge is 2.22. The van der Waals surface area contributed by atoms with Gasteiger partial charge < -0.3 is 9.80 Å². The van der Waals surface area contributed by atoms with E-state index >= 15 is 0 Å². The van der Waals surface area contributed by atoms with Crippen LogP contribution in [0.15, 0.2) is 71.8 Å².